The van der Waals surface area contributed by atoms with E-state index >= 15 is 0 Å². The number of esters is 1. The summed E-state index contributed by atoms with van der Waals surface area (Å²) in [5.41, 5.74) is 0. The van der Waals surface area contributed by atoms with Gasteiger partial charge >= 0.3 is 11.9 Å². The van der Waals surface area contributed by atoms with Crippen molar-refractivity contribution in [3.05, 3.63) is 0 Å². The Hall–Kier alpha value is -1.06. The van der Waals surface area contributed by atoms with Crippen molar-refractivity contribution in [2.24, 2.45) is 11.8 Å². The lowest BCUT2D eigenvalue weighted by atomic mass is 10.3. The van der Waals surface area contributed by atoms with Crippen LogP contribution in [-0.2, 0) is 14.3 Å². The molecule has 0 aromatic rings. The second-order valence-corrected chi connectivity index (χ2v) is 2.31. The lowest BCUT2D eigenvalue weighted by Crippen LogP contribution is -2.08. The number of carbonyl (C=O) groups excluding carboxylic acids is 1. The summed E-state index contributed by atoms with van der Waals surface area (Å²) in [5, 5.41) is 8.36. The van der Waals surface area contributed by atoms with E-state index in [4.69, 9.17) is 5.11 Å². The average molecular weight is 144 g/mol. The van der Waals surface area contributed by atoms with Gasteiger partial charge in [-0.3, -0.25) is 9.59 Å². The van der Waals surface area contributed by atoms with Crippen LogP contribution in [0.25, 0.3) is 0 Å². The molecular formula is C6H8O4. The van der Waals surface area contributed by atoms with Gasteiger partial charge in [-0.2, -0.15) is 0 Å². The summed E-state index contributed by atoms with van der Waals surface area (Å²) < 4.78 is 4.35. The molecule has 4 heteroatoms. The first-order valence-corrected chi connectivity index (χ1v) is 2.97. The van der Waals surface area contributed by atoms with Crippen LogP contribution >= 0.6 is 0 Å². The molecule has 1 saturated carbocycles. The molecule has 0 radical (unpaired) electrons. The normalized spacial score (nSPS) is 29.3. The average Bonchev–Trinajstić information content (AvgIpc) is 2.64. The Labute approximate surface area is 57.8 Å². The quantitative estimate of drug-likeness (QED) is 0.549. The summed E-state index contributed by atoms with van der Waals surface area (Å²) in [6, 6.07) is 0. The van der Waals surface area contributed by atoms with Crippen molar-refractivity contribution in [3.8, 4) is 0 Å². The summed E-state index contributed by atoms with van der Waals surface area (Å²) in [5.74, 6) is -2.20. The summed E-state index contributed by atoms with van der Waals surface area (Å²) >= 11 is 0. The molecule has 0 saturated heterocycles. The number of ether oxygens (including phenoxy) is 1. The molecule has 10 heavy (non-hydrogen) atoms. The SMILES string of the molecule is COC(=O)[C@@H]1C[C@@H]1C(=O)O. The third kappa shape index (κ3) is 1.10. The molecule has 0 unspecified atom stereocenters. The Bertz CT molecular complexity index is 175. The van der Waals surface area contributed by atoms with Crippen molar-refractivity contribution in [3.63, 3.8) is 0 Å². The molecule has 0 amide bonds. The van der Waals surface area contributed by atoms with Crippen LogP contribution in [0.2, 0.25) is 0 Å². The molecule has 4 nitrogen and oxygen atoms in total. The fourth-order valence-electron chi connectivity index (χ4n) is 0.880. The highest BCUT2D eigenvalue weighted by molar-refractivity contribution is 5.86. The third-order valence-electron chi connectivity index (χ3n) is 1.61. The lowest BCUT2D eigenvalue weighted by Gasteiger charge is -1.92. The Morgan fingerprint density at radius 3 is 2.40 bits per heavy atom. The highest BCUT2D eigenvalue weighted by Crippen LogP contribution is 2.39. The molecule has 0 spiro atoms. The number of carboxylic acid groups (broad SMARTS) is 1. The van der Waals surface area contributed by atoms with Crippen LogP contribution in [0.3, 0.4) is 0 Å². The van der Waals surface area contributed by atoms with Crippen molar-refractivity contribution in [1.82, 2.24) is 0 Å². The number of hydrogen-bond acceptors (Lipinski definition) is 3. The Morgan fingerprint density at radius 2 is 2.10 bits per heavy atom. The fourth-order valence-corrected chi connectivity index (χ4v) is 0.880. The topological polar surface area (TPSA) is 63.6 Å². The number of rotatable bonds is 2. The van der Waals surface area contributed by atoms with Crippen LogP contribution in [0.5, 0.6) is 0 Å². The number of aliphatic carboxylic acids is 1. The number of hydrogen-bond donors (Lipinski definition) is 1. The van der Waals surface area contributed by atoms with Gasteiger partial charge in [0.05, 0.1) is 18.9 Å². The Balaban J connectivity index is 2.38. The van der Waals surface area contributed by atoms with Gasteiger partial charge in [0.2, 0.25) is 0 Å². The first-order valence-electron chi connectivity index (χ1n) is 2.97. The minimum atomic E-state index is -0.907. The first kappa shape index (κ1) is 7.05. The number of carbonyl (C=O) groups is 2. The van der Waals surface area contributed by atoms with E-state index in [0.717, 1.165) is 0 Å². The van der Waals surface area contributed by atoms with E-state index in [0.29, 0.717) is 6.42 Å². The summed E-state index contributed by atoms with van der Waals surface area (Å²) in [4.78, 5) is 20.8. The van der Waals surface area contributed by atoms with E-state index in [1.54, 1.807) is 0 Å². The molecule has 0 aromatic heterocycles. The van der Waals surface area contributed by atoms with Crippen LogP contribution in [0, 0.1) is 11.8 Å². The van der Waals surface area contributed by atoms with Crippen LogP contribution in [0.15, 0.2) is 0 Å². The third-order valence-corrected chi connectivity index (χ3v) is 1.61. The maximum Gasteiger partial charge on any atom is 0.309 e. The maximum absolute atomic E-state index is 10.6. The van der Waals surface area contributed by atoms with E-state index in [1.807, 2.05) is 0 Å². The lowest BCUT2D eigenvalue weighted by molar-refractivity contribution is -0.146. The number of methoxy groups -OCH3 is 1. The van der Waals surface area contributed by atoms with E-state index in [1.165, 1.54) is 7.11 Å². The molecule has 1 aliphatic rings. The monoisotopic (exact) mass is 144 g/mol. The highest BCUT2D eigenvalue weighted by Gasteiger charge is 2.49. The molecule has 0 bridgehead atoms. The van der Waals surface area contributed by atoms with Crippen LogP contribution in [0.4, 0.5) is 0 Å². The van der Waals surface area contributed by atoms with Crippen LogP contribution in [0.1, 0.15) is 6.42 Å². The predicted molar refractivity (Wildman–Crippen MR) is 31.2 cm³/mol. The van der Waals surface area contributed by atoms with Gasteiger partial charge in [0.25, 0.3) is 0 Å². The summed E-state index contributed by atoms with van der Waals surface area (Å²) in [7, 11) is 1.26. The van der Waals surface area contributed by atoms with Gasteiger partial charge in [0.1, 0.15) is 0 Å². The zero-order chi connectivity index (χ0) is 7.72. The largest absolute Gasteiger partial charge is 0.481 e. The predicted octanol–water partition coefficient (Wildman–Crippen LogP) is -0.120. The molecule has 1 rings (SSSR count). The van der Waals surface area contributed by atoms with E-state index < -0.39 is 17.9 Å². The van der Waals surface area contributed by atoms with Gasteiger partial charge in [-0.25, -0.2) is 0 Å². The van der Waals surface area contributed by atoms with Crippen molar-refractivity contribution in [2.45, 2.75) is 6.42 Å². The molecule has 0 aromatic carbocycles. The standard InChI is InChI=1S/C6H8O4/c1-10-6(9)4-2-3(4)5(7)8/h3-4H,2H2,1H3,(H,7,8)/t3-,4+/m0/s1. The highest BCUT2D eigenvalue weighted by atomic mass is 16.5. The molecule has 2 atom stereocenters. The van der Waals surface area contributed by atoms with Gasteiger partial charge in [0.15, 0.2) is 0 Å². The molecule has 0 heterocycles. The second kappa shape index (κ2) is 2.28. The van der Waals surface area contributed by atoms with Crippen molar-refractivity contribution < 1.29 is 19.4 Å². The summed E-state index contributed by atoms with van der Waals surface area (Å²) in [6.07, 6.45) is 0.433. The van der Waals surface area contributed by atoms with E-state index in [2.05, 4.69) is 4.74 Å². The molecule has 56 valence electrons. The molecule has 1 N–H and O–H groups in total. The Morgan fingerprint density at radius 1 is 1.50 bits per heavy atom. The zero-order valence-corrected chi connectivity index (χ0v) is 5.53. The van der Waals surface area contributed by atoms with Crippen LogP contribution in [-0.4, -0.2) is 24.2 Å². The molecule has 1 fully saturated rings. The minimum absolute atomic E-state index is 0.387. The van der Waals surface area contributed by atoms with Crippen molar-refractivity contribution in [1.29, 1.82) is 0 Å². The minimum Gasteiger partial charge on any atom is -0.481 e. The maximum atomic E-state index is 10.6. The van der Waals surface area contributed by atoms with Crippen molar-refractivity contribution >= 4 is 11.9 Å². The second-order valence-electron chi connectivity index (χ2n) is 2.31. The number of carboxylic acids is 1. The van der Waals surface area contributed by atoms with E-state index in [-0.39, 0.29) is 5.92 Å². The summed E-state index contributed by atoms with van der Waals surface area (Å²) in [6.45, 7) is 0. The molecule has 1 aliphatic carbocycles. The van der Waals surface area contributed by atoms with Gasteiger partial charge < -0.3 is 9.84 Å². The molecule has 0 aliphatic heterocycles. The van der Waals surface area contributed by atoms with Gasteiger partial charge in [-0.1, -0.05) is 0 Å². The van der Waals surface area contributed by atoms with Crippen LogP contribution < -0.4 is 0 Å². The first-order chi connectivity index (χ1) is 4.66. The van der Waals surface area contributed by atoms with Crippen molar-refractivity contribution in [2.75, 3.05) is 7.11 Å². The Kier molecular flexibility index (Phi) is 1.61. The van der Waals surface area contributed by atoms with Gasteiger partial charge in [-0.15, -0.1) is 0 Å². The van der Waals surface area contributed by atoms with E-state index in [9.17, 15) is 9.59 Å². The van der Waals surface area contributed by atoms with Gasteiger partial charge in [0, 0.05) is 0 Å². The smallest absolute Gasteiger partial charge is 0.309 e. The molecular weight excluding hydrogens is 136 g/mol. The van der Waals surface area contributed by atoms with Gasteiger partial charge in [-0.05, 0) is 6.42 Å². The zero-order valence-electron chi connectivity index (χ0n) is 5.53. The fraction of sp³-hybridized carbons (Fsp3) is 0.667.